The van der Waals surface area contributed by atoms with E-state index in [2.05, 4.69) is 10.3 Å². The van der Waals surface area contributed by atoms with Gasteiger partial charge in [0.1, 0.15) is 11.5 Å². The molecule has 1 aromatic heterocycles. The van der Waals surface area contributed by atoms with Crippen molar-refractivity contribution < 1.29 is 14.3 Å². The highest BCUT2D eigenvalue weighted by Gasteiger charge is 2.13. The number of aryl methyl sites for hydroxylation is 2. The average molecular weight is 364 g/mol. The molecular formula is C22H24N2O3. The van der Waals surface area contributed by atoms with Gasteiger partial charge in [0.25, 0.3) is 5.91 Å². The lowest BCUT2D eigenvalue weighted by Crippen LogP contribution is -2.26. The van der Waals surface area contributed by atoms with Crippen LogP contribution in [0.1, 0.15) is 27.2 Å². The van der Waals surface area contributed by atoms with Gasteiger partial charge < -0.3 is 14.8 Å². The van der Waals surface area contributed by atoms with Crippen LogP contribution in [0.4, 0.5) is 0 Å². The summed E-state index contributed by atoms with van der Waals surface area (Å²) in [6, 6.07) is 13.5. The highest BCUT2D eigenvalue weighted by atomic mass is 16.5. The zero-order valence-corrected chi connectivity index (χ0v) is 16.1. The first-order chi connectivity index (χ1) is 13.0. The van der Waals surface area contributed by atoms with E-state index in [4.69, 9.17) is 9.47 Å². The molecule has 0 fully saturated rings. The van der Waals surface area contributed by atoms with Gasteiger partial charge in [-0.2, -0.15) is 0 Å². The molecule has 2 aromatic carbocycles. The van der Waals surface area contributed by atoms with E-state index in [-0.39, 0.29) is 5.91 Å². The molecule has 0 aliphatic rings. The quantitative estimate of drug-likeness (QED) is 0.722. The van der Waals surface area contributed by atoms with Crippen LogP contribution in [-0.2, 0) is 6.42 Å². The Bertz CT molecular complexity index is 983. The lowest BCUT2D eigenvalue weighted by molar-refractivity contribution is 0.0955. The normalized spacial score (nSPS) is 10.7. The third-order valence-corrected chi connectivity index (χ3v) is 4.51. The molecule has 27 heavy (non-hydrogen) atoms. The maximum absolute atomic E-state index is 12.8. The Labute approximate surface area is 159 Å². The van der Waals surface area contributed by atoms with E-state index in [1.54, 1.807) is 14.2 Å². The number of nitrogens with one attached hydrogen (secondary N) is 1. The molecule has 0 radical (unpaired) electrons. The van der Waals surface area contributed by atoms with E-state index in [9.17, 15) is 4.79 Å². The predicted molar refractivity (Wildman–Crippen MR) is 107 cm³/mol. The summed E-state index contributed by atoms with van der Waals surface area (Å²) in [6.07, 6.45) is 0.667. The van der Waals surface area contributed by atoms with Crippen molar-refractivity contribution in [2.75, 3.05) is 20.8 Å². The molecule has 0 unspecified atom stereocenters. The number of carbonyl (C=O) groups is 1. The van der Waals surface area contributed by atoms with Crippen molar-refractivity contribution in [1.29, 1.82) is 0 Å². The first-order valence-corrected chi connectivity index (χ1v) is 8.89. The van der Waals surface area contributed by atoms with Gasteiger partial charge in [0.15, 0.2) is 0 Å². The molecule has 0 saturated heterocycles. The summed E-state index contributed by atoms with van der Waals surface area (Å²) in [4.78, 5) is 17.3. The molecule has 0 saturated carbocycles. The smallest absolute Gasteiger partial charge is 0.252 e. The molecule has 0 bridgehead atoms. The SMILES string of the molecule is COc1ccc(CCNC(=O)c2cc(C)nc3ccc(C)cc23)c(OC)c1. The van der Waals surface area contributed by atoms with Crippen molar-refractivity contribution in [1.82, 2.24) is 10.3 Å². The highest BCUT2D eigenvalue weighted by molar-refractivity contribution is 6.06. The number of aromatic nitrogens is 1. The second kappa shape index (κ2) is 8.08. The molecule has 1 heterocycles. The molecule has 1 N–H and O–H groups in total. The molecule has 0 aliphatic carbocycles. The van der Waals surface area contributed by atoms with Crippen molar-refractivity contribution in [2.24, 2.45) is 0 Å². The minimum atomic E-state index is -0.0939. The van der Waals surface area contributed by atoms with Crippen LogP contribution in [0.15, 0.2) is 42.5 Å². The van der Waals surface area contributed by atoms with Crippen LogP contribution < -0.4 is 14.8 Å². The Morgan fingerprint density at radius 1 is 1.04 bits per heavy atom. The van der Waals surface area contributed by atoms with Gasteiger partial charge in [-0.3, -0.25) is 9.78 Å². The summed E-state index contributed by atoms with van der Waals surface area (Å²) < 4.78 is 10.6. The second-order valence-corrected chi connectivity index (χ2v) is 6.52. The number of carbonyl (C=O) groups excluding carboxylic acids is 1. The molecule has 5 heteroatoms. The third-order valence-electron chi connectivity index (χ3n) is 4.51. The van der Waals surface area contributed by atoms with E-state index in [1.165, 1.54) is 0 Å². The van der Waals surface area contributed by atoms with E-state index < -0.39 is 0 Å². The van der Waals surface area contributed by atoms with Crippen LogP contribution in [-0.4, -0.2) is 31.7 Å². The number of fused-ring (bicyclic) bond motifs is 1. The summed E-state index contributed by atoms with van der Waals surface area (Å²) in [6.45, 7) is 4.42. The Balaban J connectivity index is 1.75. The van der Waals surface area contributed by atoms with Crippen LogP contribution >= 0.6 is 0 Å². The van der Waals surface area contributed by atoms with Crippen molar-refractivity contribution >= 4 is 16.8 Å². The maximum Gasteiger partial charge on any atom is 0.252 e. The largest absolute Gasteiger partial charge is 0.497 e. The zero-order valence-electron chi connectivity index (χ0n) is 16.1. The molecule has 140 valence electrons. The summed E-state index contributed by atoms with van der Waals surface area (Å²) in [5.41, 5.74) is 4.44. The van der Waals surface area contributed by atoms with Crippen LogP contribution in [0.3, 0.4) is 0 Å². The molecule has 5 nitrogen and oxygen atoms in total. The van der Waals surface area contributed by atoms with Gasteiger partial charge in [-0.1, -0.05) is 17.7 Å². The molecule has 0 aliphatic heterocycles. The number of hydrogen-bond donors (Lipinski definition) is 1. The number of amides is 1. The Morgan fingerprint density at radius 2 is 1.85 bits per heavy atom. The summed E-state index contributed by atoms with van der Waals surface area (Å²) in [7, 11) is 3.25. The van der Waals surface area contributed by atoms with Crippen molar-refractivity contribution in [3.8, 4) is 11.5 Å². The Kier molecular flexibility index (Phi) is 5.60. The molecule has 0 atom stereocenters. The number of methoxy groups -OCH3 is 2. The van der Waals surface area contributed by atoms with Gasteiger partial charge in [-0.25, -0.2) is 0 Å². The fourth-order valence-corrected chi connectivity index (χ4v) is 3.12. The number of ether oxygens (including phenoxy) is 2. The monoisotopic (exact) mass is 364 g/mol. The van der Waals surface area contributed by atoms with Gasteiger partial charge in [-0.05, 0) is 50.1 Å². The highest BCUT2D eigenvalue weighted by Crippen LogP contribution is 2.25. The molecular weight excluding hydrogens is 340 g/mol. The van der Waals surface area contributed by atoms with Crippen molar-refractivity contribution in [3.05, 3.63) is 64.8 Å². The first-order valence-electron chi connectivity index (χ1n) is 8.89. The third kappa shape index (κ3) is 4.19. The summed E-state index contributed by atoms with van der Waals surface area (Å²) >= 11 is 0. The zero-order chi connectivity index (χ0) is 19.4. The number of hydrogen-bond acceptors (Lipinski definition) is 4. The van der Waals surface area contributed by atoms with Gasteiger partial charge in [0.2, 0.25) is 0 Å². The topological polar surface area (TPSA) is 60.5 Å². The fourth-order valence-electron chi connectivity index (χ4n) is 3.12. The van der Waals surface area contributed by atoms with Crippen LogP contribution in [0.2, 0.25) is 0 Å². The van der Waals surface area contributed by atoms with Gasteiger partial charge in [0, 0.05) is 23.7 Å². The fraction of sp³-hybridized carbons (Fsp3) is 0.273. The van der Waals surface area contributed by atoms with Crippen molar-refractivity contribution in [2.45, 2.75) is 20.3 Å². The average Bonchev–Trinajstić information content (AvgIpc) is 2.67. The maximum atomic E-state index is 12.8. The molecule has 3 aromatic rings. The molecule has 0 spiro atoms. The summed E-state index contributed by atoms with van der Waals surface area (Å²) in [5.74, 6) is 1.40. The van der Waals surface area contributed by atoms with Crippen molar-refractivity contribution in [3.63, 3.8) is 0 Å². The van der Waals surface area contributed by atoms with Gasteiger partial charge in [-0.15, -0.1) is 0 Å². The minimum absolute atomic E-state index is 0.0939. The summed E-state index contributed by atoms with van der Waals surface area (Å²) in [5, 5.41) is 3.89. The van der Waals surface area contributed by atoms with Crippen LogP contribution in [0, 0.1) is 13.8 Å². The Hall–Kier alpha value is -3.08. The van der Waals surface area contributed by atoms with Gasteiger partial charge in [0.05, 0.1) is 25.3 Å². The second-order valence-electron chi connectivity index (χ2n) is 6.52. The van der Waals surface area contributed by atoms with Gasteiger partial charge >= 0.3 is 0 Å². The van der Waals surface area contributed by atoms with E-state index >= 15 is 0 Å². The van der Waals surface area contributed by atoms with E-state index in [0.717, 1.165) is 39.2 Å². The van der Waals surface area contributed by atoms with Crippen LogP contribution in [0.5, 0.6) is 11.5 Å². The minimum Gasteiger partial charge on any atom is -0.497 e. The first kappa shape index (κ1) is 18.7. The predicted octanol–water partition coefficient (Wildman–Crippen LogP) is 3.84. The molecule has 1 amide bonds. The standard InChI is InChI=1S/C22H24N2O3/c1-14-5-8-20-18(11-14)19(12-15(2)24-20)22(25)23-10-9-16-6-7-17(26-3)13-21(16)27-4/h5-8,11-13H,9-10H2,1-4H3,(H,23,25). The van der Waals surface area contributed by atoms with E-state index in [1.807, 2.05) is 56.3 Å². The Morgan fingerprint density at radius 3 is 2.59 bits per heavy atom. The van der Waals surface area contributed by atoms with Crippen LogP contribution in [0.25, 0.3) is 10.9 Å². The number of rotatable bonds is 6. The van der Waals surface area contributed by atoms with E-state index in [0.29, 0.717) is 18.5 Å². The number of nitrogens with zero attached hydrogens (tertiary/aromatic N) is 1. The number of pyridine rings is 1. The number of benzene rings is 2. The lowest BCUT2D eigenvalue weighted by atomic mass is 10.0. The lowest BCUT2D eigenvalue weighted by Gasteiger charge is -2.12. The molecule has 3 rings (SSSR count).